The predicted molar refractivity (Wildman–Crippen MR) is 83.3 cm³/mol. The highest BCUT2D eigenvalue weighted by Crippen LogP contribution is 2.27. The van der Waals surface area contributed by atoms with E-state index in [4.69, 9.17) is 0 Å². The van der Waals surface area contributed by atoms with Gasteiger partial charge < -0.3 is 10.6 Å². The number of hydrogen-bond donors (Lipinski definition) is 2. The van der Waals surface area contributed by atoms with Crippen LogP contribution in [-0.4, -0.2) is 51.4 Å². The molecule has 0 radical (unpaired) electrons. The molecule has 120 valence electrons. The number of sulfonamides is 1. The minimum atomic E-state index is -3.55. The Balaban J connectivity index is 1.96. The zero-order valence-electron chi connectivity index (χ0n) is 12.6. The van der Waals surface area contributed by atoms with Crippen molar-refractivity contribution in [2.75, 3.05) is 26.7 Å². The van der Waals surface area contributed by atoms with Gasteiger partial charge in [0, 0.05) is 31.2 Å². The zero-order chi connectivity index (χ0) is 15.7. The number of nitrogens with zero attached hydrogens (tertiary/aromatic N) is 1. The fraction of sp³-hybridized carbons (Fsp3) is 0.533. The first-order chi connectivity index (χ1) is 10.5. The van der Waals surface area contributed by atoms with Crippen LogP contribution in [0.3, 0.4) is 0 Å². The number of amides is 1. The molecule has 2 heterocycles. The van der Waals surface area contributed by atoms with Crippen LogP contribution in [0.5, 0.6) is 0 Å². The Morgan fingerprint density at radius 2 is 2.23 bits per heavy atom. The summed E-state index contributed by atoms with van der Waals surface area (Å²) in [6.07, 6.45) is 2.48. The van der Waals surface area contributed by atoms with Crippen molar-refractivity contribution >= 4 is 15.9 Å². The summed E-state index contributed by atoms with van der Waals surface area (Å²) < 4.78 is 27.3. The van der Waals surface area contributed by atoms with Crippen LogP contribution in [0.15, 0.2) is 23.1 Å². The molecule has 0 bridgehead atoms. The molecule has 2 N–H and O–H groups in total. The average molecular weight is 323 g/mol. The molecule has 22 heavy (non-hydrogen) atoms. The molecule has 1 saturated heterocycles. The maximum Gasteiger partial charge on any atom is 0.251 e. The van der Waals surface area contributed by atoms with Gasteiger partial charge in [-0.2, -0.15) is 4.31 Å². The lowest BCUT2D eigenvalue weighted by molar-refractivity contribution is 0.0945. The normalized spacial score (nSPS) is 22.4. The van der Waals surface area contributed by atoms with E-state index in [0.717, 1.165) is 24.8 Å². The van der Waals surface area contributed by atoms with Crippen molar-refractivity contribution in [3.05, 3.63) is 29.3 Å². The number of carbonyl (C=O) groups excluding carboxylic acids is 1. The van der Waals surface area contributed by atoms with Crippen molar-refractivity contribution in [2.24, 2.45) is 0 Å². The molecule has 2 aliphatic heterocycles. The third kappa shape index (κ3) is 2.64. The summed E-state index contributed by atoms with van der Waals surface area (Å²) >= 11 is 0. The Hall–Kier alpha value is -1.44. The lowest BCUT2D eigenvalue weighted by Gasteiger charge is -2.25. The monoisotopic (exact) mass is 323 g/mol. The predicted octanol–water partition coefficient (Wildman–Crippen LogP) is 0.345. The summed E-state index contributed by atoms with van der Waals surface area (Å²) in [5.74, 6) is -0.188. The summed E-state index contributed by atoms with van der Waals surface area (Å²) in [5, 5.41) is 5.81. The fourth-order valence-electron chi connectivity index (χ4n) is 3.25. The van der Waals surface area contributed by atoms with Crippen LogP contribution in [0, 0.1) is 0 Å². The van der Waals surface area contributed by atoms with Crippen molar-refractivity contribution in [1.29, 1.82) is 0 Å². The number of benzene rings is 1. The second-order valence-electron chi connectivity index (χ2n) is 5.79. The Morgan fingerprint density at radius 1 is 1.41 bits per heavy atom. The van der Waals surface area contributed by atoms with E-state index in [1.165, 1.54) is 6.07 Å². The number of hydrogen-bond acceptors (Lipinski definition) is 4. The van der Waals surface area contributed by atoms with Gasteiger partial charge in [-0.25, -0.2) is 8.42 Å². The van der Waals surface area contributed by atoms with Gasteiger partial charge in [0.1, 0.15) is 0 Å². The first-order valence-corrected chi connectivity index (χ1v) is 9.05. The van der Waals surface area contributed by atoms with Crippen LogP contribution < -0.4 is 10.6 Å². The Labute approximate surface area is 130 Å². The molecule has 1 aromatic carbocycles. The van der Waals surface area contributed by atoms with Gasteiger partial charge in [-0.3, -0.25) is 4.79 Å². The first kappa shape index (κ1) is 15.5. The molecule has 7 heteroatoms. The Morgan fingerprint density at radius 3 is 3.00 bits per heavy atom. The largest absolute Gasteiger partial charge is 0.352 e. The van der Waals surface area contributed by atoms with Crippen LogP contribution in [0.1, 0.15) is 28.8 Å². The number of nitrogens with one attached hydrogen (secondary N) is 2. The van der Waals surface area contributed by atoms with Crippen LogP contribution in [-0.2, 0) is 16.4 Å². The van der Waals surface area contributed by atoms with Gasteiger partial charge in [-0.1, -0.05) is 6.07 Å². The molecule has 6 nitrogen and oxygen atoms in total. The Bertz CT molecular complexity index is 687. The lowest BCUT2D eigenvalue weighted by Crippen LogP contribution is -2.41. The second-order valence-corrected chi connectivity index (χ2v) is 7.68. The maximum absolute atomic E-state index is 12.9. The van der Waals surface area contributed by atoms with E-state index in [-0.39, 0.29) is 16.8 Å². The second kappa shape index (κ2) is 5.98. The quantitative estimate of drug-likeness (QED) is 0.838. The van der Waals surface area contributed by atoms with E-state index in [0.29, 0.717) is 25.2 Å². The fourth-order valence-corrected chi connectivity index (χ4v) is 4.97. The highest BCUT2D eigenvalue weighted by atomic mass is 32.2. The molecule has 3 rings (SSSR count). The molecule has 0 unspecified atom stereocenters. The van der Waals surface area contributed by atoms with Gasteiger partial charge in [-0.15, -0.1) is 0 Å². The third-order valence-corrected chi connectivity index (χ3v) is 6.32. The van der Waals surface area contributed by atoms with Crippen LogP contribution in [0.25, 0.3) is 0 Å². The number of rotatable bonds is 4. The van der Waals surface area contributed by atoms with E-state index in [1.54, 1.807) is 16.4 Å². The first-order valence-electron chi connectivity index (χ1n) is 7.61. The van der Waals surface area contributed by atoms with Crippen molar-refractivity contribution in [1.82, 2.24) is 14.9 Å². The molecule has 0 aromatic heterocycles. The standard InChI is InChI=1S/C15H21N3O3S/c1-16-10-12-3-2-8-18(12)22(20,21)13-5-4-11-6-7-17-15(19)14(11)9-13/h4-5,9,12,16H,2-3,6-8,10H2,1H3,(H,17,19)/t12-/m0/s1. The van der Waals surface area contributed by atoms with Gasteiger partial charge in [-0.05, 0) is 44.0 Å². The summed E-state index contributed by atoms with van der Waals surface area (Å²) in [6, 6.07) is 4.90. The highest BCUT2D eigenvalue weighted by Gasteiger charge is 2.35. The molecular formula is C15H21N3O3S. The van der Waals surface area contributed by atoms with Gasteiger partial charge in [0.25, 0.3) is 5.91 Å². The molecular weight excluding hydrogens is 302 g/mol. The molecule has 0 saturated carbocycles. The van der Waals surface area contributed by atoms with Crippen molar-refractivity contribution in [2.45, 2.75) is 30.2 Å². The number of carbonyl (C=O) groups is 1. The minimum Gasteiger partial charge on any atom is -0.352 e. The SMILES string of the molecule is CNC[C@@H]1CCCN1S(=O)(=O)c1ccc2c(c1)C(=O)NCC2. The minimum absolute atomic E-state index is 0.0140. The van der Waals surface area contributed by atoms with E-state index < -0.39 is 10.0 Å². The molecule has 0 aliphatic carbocycles. The van der Waals surface area contributed by atoms with Crippen LogP contribution in [0.2, 0.25) is 0 Å². The van der Waals surface area contributed by atoms with Gasteiger partial charge >= 0.3 is 0 Å². The highest BCUT2D eigenvalue weighted by molar-refractivity contribution is 7.89. The summed E-state index contributed by atoms with van der Waals surface area (Å²) in [4.78, 5) is 12.1. The number of fused-ring (bicyclic) bond motifs is 1. The van der Waals surface area contributed by atoms with Crippen LogP contribution >= 0.6 is 0 Å². The smallest absolute Gasteiger partial charge is 0.251 e. The topological polar surface area (TPSA) is 78.5 Å². The van der Waals surface area contributed by atoms with Crippen molar-refractivity contribution in [3.8, 4) is 0 Å². The number of likely N-dealkylation sites (N-methyl/N-ethyl adjacent to an activating group) is 1. The summed E-state index contributed by atoms with van der Waals surface area (Å²) in [5.41, 5.74) is 1.40. The molecule has 2 aliphatic rings. The average Bonchev–Trinajstić information content (AvgIpc) is 2.97. The van der Waals surface area contributed by atoms with E-state index in [1.807, 2.05) is 7.05 Å². The molecule has 1 amide bonds. The molecule has 1 aromatic rings. The molecule has 1 fully saturated rings. The van der Waals surface area contributed by atoms with E-state index >= 15 is 0 Å². The zero-order valence-corrected chi connectivity index (χ0v) is 13.4. The molecule has 0 spiro atoms. The lowest BCUT2D eigenvalue weighted by atomic mass is 10.0. The maximum atomic E-state index is 12.9. The van der Waals surface area contributed by atoms with Gasteiger partial charge in [0.15, 0.2) is 0 Å². The summed E-state index contributed by atoms with van der Waals surface area (Å²) in [6.45, 7) is 1.79. The van der Waals surface area contributed by atoms with Crippen molar-refractivity contribution in [3.63, 3.8) is 0 Å². The van der Waals surface area contributed by atoms with Gasteiger partial charge in [0.05, 0.1) is 4.90 Å². The Kier molecular flexibility index (Phi) is 4.20. The van der Waals surface area contributed by atoms with Crippen LogP contribution in [0.4, 0.5) is 0 Å². The van der Waals surface area contributed by atoms with Gasteiger partial charge in [0.2, 0.25) is 10.0 Å². The third-order valence-electron chi connectivity index (χ3n) is 4.38. The molecule has 1 atom stereocenters. The van der Waals surface area contributed by atoms with E-state index in [2.05, 4.69) is 10.6 Å². The van der Waals surface area contributed by atoms with E-state index in [9.17, 15) is 13.2 Å². The summed E-state index contributed by atoms with van der Waals surface area (Å²) in [7, 11) is -1.73. The van der Waals surface area contributed by atoms with Crippen molar-refractivity contribution < 1.29 is 13.2 Å².